The smallest absolute Gasteiger partial charge is 0.118 e. The Bertz CT molecular complexity index is 333. The molecule has 1 aromatic rings. The number of aliphatic hydroxyl groups is 1. The van der Waals surface area contributed by atoms with Gasteiger partial charge in [0.15, 0.2) is 0 Å². The van der Waals surface area contributed by atoms with E-state index >= 15 is 0 Å². The molecule has 18 heavy (non-hydrogen) atoms. The van der Waals surface area contributed by atoms with Crippen molar-refractivity contribution in [1.82, 2.24) is 5.32 Å². The SMILES string of the molecule is CCCNCC(C)(O)CCc1ccc(OC)cc1. The van der Waals surface area contributed by atoms with Crippen LogP contribution in [0.5, 0.6) is 5.75 Å². The van der Waals surface area contributed by atoms with Crippen molar-refractivity contribution in [3.63, 3.8) is 0 Å². The van der Waals surface area contributed by atoms with Crippen LogP contribution in [0.2, 0.25) is 0 Å². The van der Waals surface area contributed by atoms with Crippen LogP contribution in [0.4, 0.5) is 0 Å². The van der Waals surface area contributed by atoms with Crippen LogP contribution in [-0.2, 0) is 6.42 Å². The molecule has 0 saturated carbocycles. The van der Waals surface area contributed by atoms with Crippen molar-refractivity contribution < 1.29 is 9.84 Å². The fourth-order valence-electron chi connectivity index (χ4n) is 1.83. The van der Waals surface area contributed by atoms with Gasteiger partial charge in [-0.2, -0.15) is 0 Å². The highest BCUT2D eigenvalue weighted by atomic mass is 16.5. The molecule has 0 aliphatic rings. The number of benzene rings is 1. The molecule has 1 atom stereocenters. The lowest BCUT2D eigenvalue weighted by Crippen LogP contribution is -2.38. The van der Waals surface area contributed by atoms with Gasteiger partial charge < -0.3 is 15.2 Å². The summed E-state index contributed by atoms with van der Waals surface area (Å²) in [4.78, 5) is 0. The van der Waals surface area contributed by atoms with Gasteiger partial charge in [-0.1, -0.05) is 19.1 Å². The van der Waals surface area contributed by atoms with E-state index in [-0.39, 0.29) is 0 Å². The van der Waals surface area contributed by atoms with Crippen molar-refractivity contribution in [2.45, 2.75) is 38.7 Å². The first-order valence-electron chi connectivity index (χ1n) is 6.63. The van der Waals surface area contributed by atoms with E-state index in [0.29, 0.717) is 6.54 Å². The van der Waals surface area contributed by atoms with E-state index < -0.39 is 5.60 Å². The number of methoxy groups -OCH3 is 1. The molecule has 0 aliphatic heterocycles. The average Bonchev–Trinajstić information content (AvgIpc) is 2.37. The molecule has 3 nitrogen and oxygen atoms in total. The number of ether oxygens (including phenoxy) is 1. The molecular formula is C15H25NO2. The van der Waals surface area contributed by atoms with E-state index in [1.165, 1.54) is 5.56 Å². The predicted octanol–water partition coefficient (Wildman–Crippen LogP) is 2.38. The number of aryl methyl sites for hydroxylation is 1. The first-order chi connectivity index (χ1) is 8.57. The first kappa shape index (κ1) is 15.0. The van der Waals surface area contributed by atoms with Gasteiger partial charge in [0.1, 0.15) is 5.75 Å². The van der Waals surface area contributed by atoms with Gasteiger partial charge >= 0.3 is 0 Å². The van der Waals surface area contributed by atoms with Crippen molar-refractivity contribution in [3.05, 3.63) is 29.8 Å². The lowest BCUT2D eigenvalue weighted by Gasteiger charge is -2.23. The molecule has 0 heterocycles. The number of hydrogen-bond acceptors (Lipinski definition) is 3. The third-order valence-corrected chi connectivity index (χ3v) is 3.04. The fourth-order valence-corrected chi connectivity index (χ4v) is 1.83. The van der Waals surface area contributed by atoms with E-state index in [4.69, 9.17) is 4.74 Å². The minimum Gasteiger partial charge on any atom is -0.497 e. The van der Waals surface area contributed by atoms with Gasteiger partial charge in [-0.25, -0.2) is 0 Å². The van der Waals surface area contributed by atoms with Crippen molar-refractivity contribution in [2.24, 2.45) is 0 Å². The van der Waals surface area contributed by atoms with Gasteiger partial charge in [0.25, 0.3) is 0 Å². The third kappa shape index (κ3) is 5.52. The zero-order chi connectivity index (χ0) is 13.4. The molecule has 1 rings (SSSR count). The molecular weight excluding hydrogens is 226 g/mol. The highest BCUT2D eigenvalue weighted by Crippen LogP contribution is 2.16. The summed E-state index contributed by atoms with van der Waals surface area (Å²) >= 11 is 0. The molecule has 0 aliphatic carbocycles. The Morgan fingerprint density at radius 3 is 2.50 bits per heavy atom. The Morgan fingerprint density at radius 1 is 1.28 bits per heavy atom. The van der Waals surface area contributed by atoms with Gasteiger partial charge in [0, 0.05) is 6.54 Å². The zero-order valence-corrected chi connectivity index (χ0v) is 11.7. The maximum Gasteiger partial charge on any atom is 0.118 e. The second kappa shape index (κ2) is 7.39. The van der Waals surface area contributed by atoms with Crippen LogP contribution >= 0.6 is 0 Å². The molecule has 0 amide bonds. The molecule has 0 fully saturated rings. The van der Waals surface area contributed by atoms with Crippen molar-refractivity contribution in [3.8, 4) is 5.75 Å². The number of nitrogens with one attached hydrogen (secondary N) is 1. The highest BCUT2D eigenvalue weighted by Gasteiger charge is 2.19. The Balaban J connectivity index is 2.37. The topological polar surface area (TPSA) is 41.5 Å². The molecule has 0 saturated heterocycles. The number of rotatable bonds is 8. The fraction of sp³-hybridized carbons (Fsp3) is 0.600. The van der Waals surface area contributed by atoms with Gasteiger partial charge in [0.05, 0.1) is 12.7 Å². The summed E-state index contributed by atoms with van der Waals surface area (Å²) in [6.07, 6.45) is 2.73. The third-order valence-electron chi connectivity index (χ3n) is 3.04. The van der Waals surface area contributed by atoms with Crippen LogP contribution in [0.15, 0.2) is 24.3 Å². The molecule has 0 radical (unpaired) electrons. The second-order valence-corrected chi connectivity index (χ2v) is 5.02. The first-order valence-corrected chi connectivity index (χ1v) is 6.63. The average molecular weight is 251 g/mol. The van der Waals surface area contributed by atoms with Gasteiger partial charge in [0.2, 0.25) is 0 Å². The lowest BCUT2D eigenvalue weighted by molar-refractivity contribution is 0.0513. The summed E-state index contributed by atoms with van der Waals surface area (Å²) in [5, 5.41) is 13.5. The van der Waals surface area contributed by atoms with Crippen molar-refractivity contribution >= 4 is 0 Å². The lowest BCUT2D eigenvalue weighted by atomic mass is 9.96. The van der Waals surface area contributed by atoms with Crippen LogP contribution in [0.1, 0.15) is 32.3 Å². The second-order valence-electron chi connectivity index (χ2n) is 5.02. The molecule has 0 aromatic heterocycles. The molecule has 3 heteroatoms. The molecule has 0 spiro atoms. The van der Waals surface area contributed by atoms with Crippen LogP contribution in [-0.4, -0.2) is 30.9 Å². The van der Waals surface area contributed by atoms with E-state index in [0.717, 1.165) is 31.6 Å². The normalized spacial score (nSPS) is 14.2. The summed E-state index contributed by atoms with van der Waals surface area (Å²) in [5.41, 5.74) is 0.585. The van der Waals surface area contributed by atoms with E-state index in [1.54, 1.807) is 7.11 Å². The molecule has 2 N–H and O–H groups in total. The molecule has 1 aromatic carbocycles. The van der Waals surface area contributed by atoms with Gasteiger partial charge in [-0.05, 0) is 50.4 Å². The minimum atomic E-state index is -0.644. The maximum absolute atomic E-state index is 10.2. The summed E-state index contributed by atoms with van der Waals surface area (Å²) in [6, 6.07) is 8.02. The van der Waals surface area contributed by atoms with Crippen LogP contribution < -0.4 is 10.1 Å². The largest absolute Gasteiger partial charge is 0.497 e. The summed E-state index contributed by atoms with van der Waals surface area (Å²) < 4.78 is 5.12. The van der Waals surface area contributed by atoms with E-state index in [1.807, 2.05) is 31.2 Å². The quantitative estimate of drug-likeness (QED) is 0.697. The Kier molecular flexibility index (Phi) is 6.16. The molecule has 1 unspecified atom stereocenters. The van der Waals surface area contributed by atoms with Crippen molar-refractivity contribution in [1.29, 1.82) is 0 Å². The maximum atomic E-state index is 10.2. The van der Waals surface area contributed by atoms with Gasteiger partial charge in [-0.3, -0.25) is 0 Å². The monoisotopic (exact) mass is 251 g/mol. The van der Waals surface area contributed by atoms with Crippen LogP contribution in [0, 0.1) is 0 Å². The van der Waals surface area contributed by atoms with E-state index in [2.05, 4.69) is 12.2 Å². The summed E-state index contributed by atoms with van der Waals surface area (Å²) in [6.45, 7) is 5.62. The minimum absolute atomic E-state index is 0.644. The molecule has 0 bridgehead atoms. The molecule has 102 valence electrons. The van der Waals surface area contributed by atoms with Gasteiger partial charge in [-0.15, -0.1) is 0 Å². The van der Waals surface area contributed by atoms with Crippen LogP contribution in [0.25, 0.3) is 0 Å². The predicted molar refractivity (Wildman–Crippen MR) is 75.1 cm³/mol. The Labute approximate surface area is 110 Å². The number of hydrogen-bond donors (Lipinski definition) is 2. The van der Waals surface area contributed by atoms with E-state index in [9.17, 15) is 5.11 Å². The summed E-state index contributed by atoms with van der Waals surface area (Å²) in [7, 11) is 1.67. The summed E-state index contributed by atoms with van der Waals surface area (Å²) in [5.74, 6) is 0.870. The van der Waals surface area contributed by atoms with Crippen molar-refractivity contribution in [2.75, 3.05) is 20.2 Å². The standard InChI is InChI=1S/C15H25NO2/c1-4-11-16-12-15(2,17)10-9-13-5-7-14(18-3)8-6-13/h5-8,16-17H,4,9-12H2,1-3H3. The highest BCUT2D eigenvalue weighted by molar-refractivity contribution is 5.27. The zero-order valence-electron chi connectivity index (χ0n) is 11.7. The Hall–Kier alpha value is -1.06. The Morgan fingerprint density at radius 2 is 1.94 bits per heavy atom. The van der Waals surface area contributed by atoms with Crippen LogP contribution in [0.3, 0.4) is 0 Å².